The second kappa shape index (κ2) is 15.6. The molecule has 2 aliphatic heterocycles. The first-order valence-corrected chi connectivity index (χ1v) is 11.1. The Kier molecular flexibility index (Phi) is 14.5. The highest BCUT2D eigenvalue weighted by molar-refractivity contribution is 14.0. The van der Waals surface area contributed by atoms with Gasteiger partial charge in [-0.1, -0.05) is 13.8 Å². The van der Waals surface area contributed by atoms with E-state index in [9.17, 15) is 0 Å². The summed E-state index contributed by atoms with van der Waals surface area (Å²) in [6.45, 7) is 16.5. The lowest BCUT2D eigenvalue weighted by Crippen LogP contribution is -2.46. The van der Waals surface area contributed by atoms with Crippen LogP contribution < -0.4 is 5.32 Å². The molecule has 0 radical (unpaired) electrons. The van der Waals surface area contributed by atoms with Gasteiger partial charge in [-0.3, -0.25) is 9.89 Å². The van der Waals surface area contributed by atoms with Crippen molar-refractivity contribution in [1.29, 1.82) is 0 Å². The zero-order valence-corrected chi connectivity index (χ0v) is 21.2. The molecule has 1 N–H and O–H groups in total. The van der Waals surface area contributed by atoms with Gasteiger partial charge in [0.1, 0.15) is 0 Å². The highest BCUT2D eigenvalue weighted by Crippen LogP contribution is 2.18. The summed E-state index contributed by atoms with van der Waals surface area (Å²) < 4.78 is 16.3. The minimum atomic E-state index is 0. The van der Waals surface area contributed by atoms with Gasteiger partial charge < -0.3 is 24.4 Å². The van der Waals surface area contributed by atoms with Crippen molar-refractivity contribution in [3.8, 4) is 0 Å². The van der Waals surface area contributed by atoms with Crippen molar-refractivity contribution in [2.45, 2.75) is 39.7 Å². The predicted molar refractivity (Wildman–Crippen MR) is 129 cm³/mol. The maximum absolute atomic E-state index is 5.74. The molecule has 2 rings (SSSR count). The van der Waals surface area contributed by atoms with E-state index in [0.717, 1.165) is 71.5 Å². The molecule has 2 heterocycles. The highest BCUT2D eigenvalue weighted by Gasteiger charge is 2.26. The van der Waals surface area contributed by atoms with E-state index in [1.54, 1.807) is 7.11 Å². The molecule has 7 nitrogen and oxygen atoms in total. The summed E-state index contributed by atoms with van der Waals surface area (Å²) in [5, 5.41) is 3.51. The molecule has 8 heteroatoms. The van der Waals surface area contributed by atoms with Gasteiger partial charge in [0, 0.05) is 51.8 Å². The van der Waals surface area contributed by atoms with E-state index in [-0.39, 0.29) is 24.0 Å². The Hall–Kier alpha value is -0.160. The molecule has 2 atom stereocenters. The largest absolute Gasteiger partial charge is 0.382 e. The summed E-state index contributed by atoms with van der Waals surface area (Å²) in [5.74, 6) is 2.31. The van der Waals surface area contributed by atoms with Crippen molar-refractivity contribution < 1.29 is 14.2 Å². The van der Waals surface area contributed by atoms with Gasteiger partial charge in [0.2, 0.25) is 0 Å². The van der Waals surface area contributed by atoms with Crippen LogP contribution in [0.1, 0.15) is 33.6 Å². The fraction of sp³-hybridized carbons (Fsp3) is 0.952. The monoisotopic (exact) mass is 526 g/mol. The first-order valence-electron chi connectivity index (χ1n) is 11.1. The minimum Gasteiger partial charge on any atom is -0.382 e. The van der Waals surface area contributed by atoms with Crippen molar-refractivity contribution in [2.75, 3.05) is 79.4 Å². The first-order chi connectivity index (χ1) is 13.6. The SMILES string of the molecule is CCNC(=NCC(CC(C)C)N1CCOCC1)N1CCC(COCCOC)C1.I. The Morgan fingerprint density at radius 2 is 1.97 bits per heavy atom. The van der Waals surface area contributed by atoms with E-state index in [1.807, 2.05) is 0 Å². The van der Waals surface area contributed by atoms with E-state index >= 15 is 0 Å². The van der Waals surface area contributed by atoms with Gasteiger partial charge >= 0.3 is 0 Å². The number of guanidine groups is 1. The molecule has 2 aliphatic rings. The molecule has 2 saturated heterocycles. The molecular weight excluding hydrogens is 483 g/mol. The molecule has 0 bridgehead atoms. The van der Waals surface area contributed by atoms with Gasteiger partial charge in [0.25, 0.3) is 0 Å². The van der Waals surface area contributed by atoms with Crippen LogP contribution in [0.3, 0.4) is 0 Å². The molecule has 0 spiro atoms. The van der Waals surface area contributed by atoms with Gasteiger partial charge in [-0.25, -0.2) is 0 Å². The second-order valence-corrected chi connectivity index (χ2v) is 8.29. The van der Waals surface area contributed by atoms with E-state index in [0.29, 0.717) is 31.1 Å². The smallest absolute Gasteiger partial charge is 0.193 e. The Bertz CT molecular complexity index is 448. The molecule has 2 unspecified atom stereocenters. The number of halogens is 1. The summed E-state index contributed by atoms with van der Waals surface area (Å²) in [6, 6.07) is 0.494. The Labute approximate surface area is 194 Å². The minimum absolute atomic E-state index is 0. The van der Waals surface area contributed by atoms with Crippen molar-refractivity contribution in [3.05, 3.63) is 0 Å². The van der Waals surface area contributed by atoms with Crippen LogP contribution in [0, 0.1) is 11.8 Å². The van der Waals surface area contributed by atoms with Crippen molar-refractivity contribution >= 4 is 29.9 Å². The average Bonchev–Trinajstić information content (AvgIpc) is 3.16. The molecule has 29 heavy (non-hydrogen) atoms. The fourth-order valence-electron chi connectivity index (χ4n) is 4.00. The van der Waals surface area contributed by atoms with Crippen molar-refractivity contribution in [1.82, 2.24) is 15.1 Å². The number of nitrogens with zero attached hydrogens (tertiary/aromatic N) is 3. The third-order valence-corrected chi connectivity index (χ3v) is 5.46. The predicted octanol–water partition coefficient (Wildman–Crippen LogP) is 2.30. The lowest BCUT2D eigenvalue weighted by Gasteiger charge is -2.35. The first kappa shape index (κ1) is 26.9. The second-order valence-electron chi connectivity index (χ2n) is 8.29. The molecule has 0 aromatic rings. The van der Waals surface area contributed by atoms with Crippen molar-refractivity contribution in [3.63, 3.8) is 0 Å². The van der Waals surface area contributed by atoms with Crippen LogP contribution in [0.4, 0.5) is 0 Å². The zero-order valence-electron chi connectivity index (χ0n) is 18.9. The Balaban J connectivity index is 0.00000420. The van der Waals surface area contributed by atoms with E-state index in [2.05, 4.69) is 35.9 Å². The summed E-state index contributed by atoms with van der Waals surface area (Å²) in [4.78, 5) is 10.0. The van der Waals surface area contributed by atoms with Crippen LogP contribution in [-0.4, -0.2) is 101 Å². The molecule has 0 aliphatic carbocycles. The Morgan fingerprint density at radius 1 is 1.21 bits per heavy atom. The number of aliphatic imine (C=N–C) groups is 1. The molecule has 172 valence electrons. The van der Waals surface area contributed by atoms with Gasteiger partial charge in [0.05, 0.1) is 39.6 Å². The zero-order chi connectivity index (χ0) is 20.2. The maximum atomic E-state index is 5.74. The molecule has 0 aromatic heterocycles. The van der Waals surface area contributed by atoms with Crippen LogP contribution in [0.15, 0.2) is 4.99 Å². The van der Waals surface area contributed by atoms with E-state index < -0.39 is 0 Å². The normalized spacial score (nSPS) is 22.0. The van der Waals surface area contributed by atoms with Gasteiger partial charge in [-0.15, -0.1) is 24.0 Å². The standard InChI is InChI=1S/C21H42N4O3.HI/c1-5-22-21(25-7-6-19(16-25)17-28-13-12-26-4)23-15-20(14-18(2)3)24-8-10-27-11-9-24;/h18-20H,5-17H2,1-4H3,(H,22,23);1H. The fourth-order valence-corrected chi connectivity index (χ4v) is 4.00. The van der Waals surface area contributed by atoms with Crippen LogP contribution in [0.2, 0.25) is 0 Å². The quantitative estimate of drug-likeness (QED) is 0.193. The van der Waals surface area contributed by atoms with Crippen LogP contribution in [-0.2, 0) is 14.2 Å². The van der Waals surface area contributed by atoms with Gasteiger partial charge in [0.15, 0.2) is 5.96 Å². The van der Waals surface area contributed by atoms with Gasteiger partial charge in [-0.2, -0.15) is 0 Å². The number of ether oxygens (including phenoxy) is 3. The third-order valence-electron chi connectivity index (χ3n) is 5.46. The number of morpholine rings is 1. The molecule has 0 saturated carbocycles. The number of methoxy groups -OCH3 is 1. The van der Waals surface area contributed by atoms with E-state index in [1.165, 1.54) is 6.42 Å². The molecule has 0 amide bonds. The average molecular weight is 527 g/mol. The maximum Gasteiger partial charge on any atom is 0.193 e. The highest BCUT2D eigenvalue weighted by atomic mass is 127. The molecular formula is C21H43IN4O3. The summed E-state index contributed by atoms with van der Waals surface area (Å²) in [5.41, 5.74) is 0. The summed E-state index contributed by atoms with van der Waals surface area (Å²) in [7, 11) is 1.71. The molecule has 2 fully saturated rings. The number of rotatable bonds is 11. The number of likely N-dealkylation sites (tertiary alicyclic amines) is 1. The lowest BCUT2D eigenvalue weighted by molar-refractivity contribution is 0.0142. The third kappa shape index (κ3) is 10.1. The topological polar surface area (TPSA) is 58.6 Å². The lowest BCUT2D eigenvalue weighted by atomic mass is 10.0. The Morgan fingerprint density at radius 3 is 2.62 bits per heavy atom. The van der Waals surface area contributed by atoms with Crippen LogP contribution >= 0.6 is 24.0 Å². The summed E-state index contributed by atoms with van der Waals surface area (Å²) >= 11 is 0. The van der Waals surface area contributed by atoms with Crippen molar-refractivity contribution in [2.24, 2.45) is 16.8 Å². The summed E-state index contributed by atoms with van der Waals surface area (Å²) in [6.07, 6.45) is 2.34. The van der Waals surface area contributed by atoms with Crippen LogP contribution in [0.5, 0.6) is 0 Å². The molecule has 0 aromatic carbocycles. The number of hydrogen-bond donors (Lipinski definition) is 1. The van der Waals surface area contributed by atoms with E-state index in [4.69, 9.17) is 19.2 Å². The van der Waals surface area contributed by atoms with Crippen LogP contribution in [0.25, 0.3) is 0 Å². The van der Waals surface area contributed by atoms with Gasteiger partial charge in [-0.05, 0) is 25.7 Å². The number of nitrogens with one attached hydrogen (secondary N) is 1. The number of hydrogen-bond acceptors (Lipinski definition) is 5.